The average Bonchev–Trinajstić information content (AvgIpc) is 2.59. The molecule has 2 rings (SSSR count). The van der Waals surface area contributed by atoms with Crippen LogP contribution in [-0.4, -0.2) is 4.98 Å². The first kappa shape index (κ1) is 9.84. The summed E-state index contributed by atoms with van der Waals surface area (Å²) < 4.78 is 1.13. The molecule has 14 heavy (non-hydrogen) atoms. The van der Waals surface area contributed by atoms with Gasteiger partial charge in [-0.05, 0) is 23.9 Å². The fourth-order valence-corrected chi connectivity index (χ4v) is 2.92. The zero-order valence-electron chi connectivity index (χ0n) is 7.10. The zero-order chi connectivity index (χ0) is 9.97. The summed E-state index contributed by atoms with van der Waals surface area (Å²) in [6.45, 7) is 0. The Labute approximate surface area is 95.4 Å². The molecule has 1 aromatic carbocycles. The van der Waals surface area contributed by atoms with Crippen molar-refractivity contribution >= 4 is 45.9 Å². The van der Waals surface area contributed by atoms with E-state index < -0.39 is 0 Å². The standard InChI is InChI=1S/C9H6N2S3/c10-5-13-4-8-11-9-6(12)2-1-3-7(9)14-8/h1-3,12H,4H2. The van der Waals surface area contributed by atoms with Crippen LogP contribution in [0, 0.1) is 10.7 Å². The van der Waals surface area contributed by atoms with Gasteiger partial charge in [0.15, 0.2) is 0 Å². The van der Waals surface area contributed by atoms with Crippen LogP contribution < -0.4 is 0 Å². The third kappa shape index (κ3) is 1.87. The number of benzene rings is 1. The highest BCUT2D eigenvalue weighted by Crippen LogP contribution is 2.28. The van der Waals surface area contributed by atoms with Crippen LogP contribution in [-0.2, 0) is 5.75 Å². The van der Waals surface area contributed by atoms with Gasteiger partial charge in [0.05, 0.1) is 16.0 Å². The van der Waals surface area contributed by atoms with Gasteiger partial charge in [-0.2, -0.15) is 5.26 Å². The zero-order valence-corrected chi connectivity index (χ0v) is 9.62. The molecule has 0 spiro atoms. The number of rotatable bonds is 2. The molecular formula is C9H6N2S3. The largest absolute Gasteiger partial charge is 0.239 e. The van der Waals surface area contributed by atoms with Crippen molar-refractivity contribution in [1.82, 2.24) is 4.98 Å². The molecule has 0 aliphatic rings. The number of hydrogen-bond donors (Lipinski definition) is 1. The number of thiol groups is 1. The van der Waals surface area contributed by atoms with E-state index in [0.717, 1.165) is 20.1 Å². The maximum atomic E-state index is 8.43. The van der Waals surface area contributed by atoms with Gasteiger partial charge in [0, 0.05) is 4.90 Å². The molecule has 1 heterocycles. The predicted molar refractivity (Wildman–Crippen MR) is 63.8 cm³/mol. The molecule has 0 aliphatic heterocycles. The number of thiazole rings is 1. The molecule has 0 saturated heterocycles. The number of para-hydroxylation sites is 1. The highest BCUT2D eigenvalue weighted by atomic mass is 32.2. The number of aromatic nitrogens is 1. The van der Waals surface area contributed by atoms with Crippen molar-refractivity contribution in [3.05, 3.63) is 23.2 Å². The van der Waals surface area contributed by atoms with E-state index in [4.69, 9.17) is 5.26 Å². The second-order valence-electron chi connectivity index (χ2n) is 2.61. The lowest BCUT2D eigenvalue weighted by molar-refractivity contribution is 1.29. The second-order valence-corrected chi connectivity index (χ2v) is 4.97. The second kappa shape index (κ2) is 4.22. The summed E-state index contributed by atoms with van der Waals surface area (Å²) in [4.78, 5) is 5.32. The quantitative estimate of drug-likeness (QED) is 0.644. The topological polar surface area (TPSA) is 36.7 Å². The SMILES string of the molecule is N#CSCc1nc2c(S)cccc2s1. The number of hydrogen-bond acceptors (Lipinski definition) is 5. The van der Waals surface area contributed by atoms with E-state index >= 15 is 0 Å². The molecule has 0 saturated carbocycles. The number of fused-ring (bicyclic) bond motifs is 1. The number of nitriles is 1. The van der Waals surface area contributed by atoms with Crippen molar-refractivity contribution in [1.29, 1.82) is 5.26 Å². The average molecular weight is 238 g/mol. The Balaban J connectivity index is 2.42. The van der Waals surface area contributed by atoms with Crippen LogP contribution in [0.2, 0.25) is 0 Å². The van der Waals surface area contributed by atoms with E-state index in [9.17, 15) is 0 Å². The molecule has 5 heteroatoms. The fraction of sp³-hybridized carbons (Fsp3) is 0.111. The molecule has 2 aromatic rings. The van der Waals surface area contributed by atoms with Crippen molar-refractivity contribution in [2.24, 2.45) is 0 Å². The van der Waals surface area contributed by atoms with Crippen LogP contribution >= 0.6 is 35.7 Å². The predicted octanol–water partition coefficient (Wildman–Crippen LogP) is 3.30. The number of thiocyanates is 1. The van der Waals surface area contributed by atoms with Gasteiger partial charge >= 0.3 is 0 Å². The van der Waals surface area contributed by atoms with Gasteiger partial charge in [-0.25, -0.2) is 4.98 Å². The summed E-state index contributed by atoms with van der Waals surface area (Å²) in [6.07, 6.45) is 0. The van der Waals surface area contributed by atoms with E-state index in [1.54, 1.807) is 11.3 Å². The lowest BCUT2D eigenvalue weighted by Crippen LogP contribution is -1.75. The van der Waals surface area contributed by atoms with Crippen LogP contribution in [0.5, 0.6) is 0 Å². The van der Waals surface area contributed by atoms with E-state index in [1.807, 2.05) is 23.6 Å². The normalized spacial score (nSPS) is 10.3. The van der Waals surface area contributed by atoms with Crippen molar-refractivity contribution in [3.63, 3.8) is 0 Å². The molecule has 0 amide bonds. The summed E-state index contributed by atoms with van der Waals surface area (Å²) in [5, 5.41) is 11.5. The maximum absolute atomic E-state index is 8.43. The maximum Gasteiger partial charge on any atom is 0.133 e. The fourth-order valence-electron chi connectivity index (χ4n) is 1.14. The minimum atomic E-state index is 0.656. The molecule has 0 atom stereocenters. The monoisotopic (exact) mass is 238 g/mol. The van der Waals surface area contributed by atoms with Gasteiger partial charge in [0.2, 0.25) is 0 Å². The van der Waals surface area contributed by atoms with E-state index in [0.29, 0.717) is 5.75 Å². The summed E-state index contributed by atoms with van der Waals surface area (Å²) in [7, 11) is 0. The van der Waals surface area contributed by atoms with Crippen molar-refractivity contribution < 1.29 is 0 Å². The van der Waals surface area contributed by atoms with Gasteiger partial charge in [-0.1, -0.05) is 6.07 Å². The molecule has 0 bridgehead atoms. The van der Waals surface area contributed by atoms with Crippen LogP contribution in [0.1, 0.15) is 5.01 Å². The molecule has 70 valence electrons. The Morgan fingerprint density at radius 1 is 1.57 bits per heavy atom. The first-order valence-electron chi connectivity index (χ1n) is 3.89. The highest BCUT2D eigenvalue weighted by molar-refractivity contribution is 8.03. The van der Waals surface area contributed by atoms with Crippen molar-refractivity contribution in [2.75, 3.05) is 0 Å². The molecule has 0 unspecified atom stereocenters. The molecule has 0 radical (unpaired) electrons. The van der Waals surface area contributed by atoms with E-state index in [-0.39, 0.29) is 0 Å². The Hall–Kier alpha value is -0.700. The minimum absolute atomic E-state index is 0.656. The Morgan fingerprint density at radius 3 is 3.14 bits per heavy atom. The Bertz CT molecular complexity index is 498. The Kier molecular flexibility index (Phi) is 2.96. The molecule has 2 nitrogen and oxygen atoms in total. The molecule has 0 fully saturated rings. The third-order valence-electron chi connectivity index (χ3n) is 1.70. The lowest BCUT2D eigenvalue weighted by Gasteiger charge is -1.89. The first-order valence-corrected chi connectivity index (χ1v) is 6.14. The summed E-state index contributed by atoms with van der Waals surface area (Å²) in [6, 6.07) is 5.91. The van der Waals surface area contributed by atoms with Crippen LogP contribution in [0.4, 0.5) is 0 Å². The highest BCUT2D eigenvalue weighted by Gasteiger charge is 2.05. The summed E-state index contributed by atoms with van der Waals surface area (Å²) in [5.74, 6) is 0.656. The lowest BCUT2D eigenvalue weighted by atomic mass is 10.3. The van der Waals surface area contributed by atoms with Gasteiger partial charge < -0.3 is 0 Å². The minimum Gasteiger partial charge on any atom is -0.239 e. The summed E-state index contributed by atoms with van der Waals surface area (Å²) >= 11 is 7.16. The summed E-state index contributed by atoms with van der Waals surface area (Å²) in [5.41, 5.74) is 0.939. The van der Waals surface area contributed by atoms with Gasteiger partial charge in [-0.15, -0.1) is 24.0 Å². The van der Waals surface area contributed by atoms with Gasteiger partial charge in [0.1, 0.15) is 10.4 Å². The Morgan fingerprint density at radius 2 is 2.43 bits per heavy atom. The third-order valence-corrected chi connectivity index (χ3v) is 3.81. The van der Waals surface area contributed by atoms with Gasteiger partial charge in [-0.3, -0.25) is 0 Å². The van der Waals surface area contributed by atoms with Crippen LogP contribution in [0.3, 0.4) is 0 Å². The smallest absolute Gasteiger partial charge is 0.133 e. The first-order chi connectivity index (χ1) is 6.81. The molecular weight excluding hydrogens is 232 g/mol. The van der Waals surface area contributed by atoms with Crippen LogP contribution in [0.15, 0.2) is 23.1 Å². The molecule has 1 aromatic heterocycles. The van der Waals surface area contributed by atoms with Crippen molar-refractivity contribution in [2.45, 2.75) is 10.6 Å². The molecule has 0 N–H and O–H groups in total. The number of nitrogens with zero attached hydrogens (tertiary/aromatic N) is 2. The van der Waals surface area contributed by atoms with E-state index in [2.05, 4.69) is 17.6 Å². The molecule has 0 aliphatic carbocycles. The number of thioether (sulfide) groups is 1. The van der Waals surface area contributed by atoms with E-state index in [1.165, 1.54) is 11.8 Å². The van der Waals surface area contributed by atoms with Gasteiger partial charge in [0.25, 0.3) is 0 Å². The van der Waals surface area contributed by atoms with Crippen molar-refractivity contribution in [3.8, 4) is 5.40 Å². The van der Waals surface area contributed by atoms with Crippen LogP contribution in [0.25, 0.3) is 10.2 Å².